The lowest BCUT2D eigenvalue weighted by Crippen LogP contribution is -2.58. The first kappa shape index (κ1) is 28.1. The summed E-state index contributed by atoms with van der Waals surface area (Å²) in [5.74, 6) is -3.24. The molecule has 0 aliphatic carbocycles. The highest BCUT2D eigenvalue weighted by molar-refractivity contribution is 5.94. The molecule has 0 aromatic heterocycles. The monoisotopic (exact) mass is 462 g/mol. The van der Waals surface area contributed by atoms with E-state index >= 15 is 0 Å². The summed E-state index contributed by atoms with van der Waals surface area (Å²) in [6.45, 7) is 8.75. The van der Waals surface area contributed by atoms with Crippen LogP contribution in [-0.4, -0.2) is 53.0 Å². The van der Waals surface area contributed by atoms with E-state index in [0.29, 0.717) is 19.3 Å². The number of amides is 3. The van der Waals surface area contributed by atoms with Gasteiger partial charge in [0.1, 0.15) is 18.1 Å². The van der Waals surface area contributed by atoms with Crippen molar-refractivity contribution in [3.63, 3.8) is 0 Å². The Morgan fingerprint density at radius 2 is 1.33 bits per heavy atom. The van der Waals surface area contributed by atoms with Crippen LogP contribution in [0.4, 0.5) is 0 Å². The van der Waals surface area contributed by atoms with Gasteiger partial charge >= 0.3 is 5.97 Å². The summed E-state index contributed by atoms with van der Waals surface area (Å²) >= 11 is 0. The molecule has 0 saturated heterocycles. The third-order valence-electron chi connectivity index (χ3n) is 5.96. The Hall–Kier alpha value is -2.94. The first-order chi connectivity index (χ1) is 15.5. The van der Waals surface area contributed by atoms with Gasteiger partial charge in [0.15, 0.2) is 0 Å². The number of benzene rings is 1. The largest absolute Gasteiger partial charge is 0.480 e. The van der Waals surface area contributed by atoms with Crippen LogP contribution < -0.4 is 21.7 Å². The summed E-state index contributed by atoms with van der Waals surface area (Å²) in [4.78, 5) is 49.6. The van der Waals surface area contributed by atoms with E-state index in [9.17, 15) is 24.3 Å². The Morgan fingerprint density at radius 1 is 0.818 bits per heavy atom. The third-order valence-corrected chi connectivity index (χ3v) is 5.96. The Kier molecular flexibility index (Phi) is 11.6. The molecule has 0 heterocycles. The Bertz CT molecular complexity index is 801. The number of hydrogen-bond donors (Lipinski definition) is 5. The molecule has 1 aromatic rings. The molecule has 1 rings (SSSR count). The van der Waals surface area contributed by atoms with Gasteiger partial charge in [-0.1, -0.05) is 70.9 Å². The van der Waals surface area contributed by atoms with Gasteiger partial charge in [0.25, 0.3) is 0 Å². The Balaban J connectivity index is 2.79. The smallest absolute Gasteiger partial charge is 0.326 e. The molecule has 6 N–H and O–H groups in total. The van der Waals surface area contributed by atoms with Crippen molar-refractivity contribution in [2.24, 2.45) is 17.6 Å². The van der Waals surface area contributed by atoms with Crippen molar-refractivity contribution in [2.75, 3.05) is 0 Å². The maximum atomic E-state index is 12.9. The number of aliphatic carboxylic acids is 1. The first-order valence-electron chi connectivity index (χ1n) is 11.4. The van der Waals surface area contributed by atoms with Crippen LogP contribution in [0.3, 0.4) is 0 Å². The highest BCUT2D eigenvalue weighted by atomic mass is 16.4. The summed E-state index contributed by atoms with van der Waals surface area (Å²) in [5.41, 5.74) is 6.88. The number of hydrogen-bond acceptors (Lipinski definition) is 5. The van der Waals surface area contributed by atoms with Crippen LogP contribution in [0.15, 0.2) is 30.3 Å². The maximum Gasteiger partial charge on any atom is 0.326 e. The van der Waals surface area contributed by atoms with Gasteiger partial charge in [-0.25, -0.2) is 4.79 Å². The van der Waals surface area contributed by atoms with E-state index in [1.165, 1.54) is 6.92 Å². The molecule has 0 saturated carbocycles. The average molecular weight is 463 g/mol. The van der Waals surface area contributed by atoms with Gasteiger partial charge in [-0.05, 0) is 30.7 Å². The number of rotatable bonds is 13. The van der Waals surface area contributed by atoms with Gasteiger partial charge in [-0.2, -0.15) is 0 Å². The van der Waals surface area contributed by atoms with Crippen LogP contribution in [0, 0.1) is 11.8 Å². The Labute approximate surface area is 195 Å². The van der Waals surface area contributed by atoms with Crippen molar-refractivity contribution in [1.29, 1.82) is 0 Å². The van der Waals surface area contributed by atoms with Crippen molar-refractivity contribution < 1.29 is 24.3 Å². The van der Waals surface area contributed by atoms with Crippen molar-refractivity contribution >= 4 is 23.7 Å². The minimum Gasteiger partial charge on any atom is -0.480 e. The summed E-state index contributed by atoms with van der Waals surface area (Å²) in [7, 11) is 0. The number of carbonyl (C=O) groups is 4. The maximum absolute atomic E-state index is 12.9. The second kappa shape index (κ2) is 13.6. The van der Waals surface area contributed by atoms with E-state index in [4.69, 9.17) is 5.73 Å². The lowest BCUT2D eigenvalue weighted by atomic mass is 9.95. The number of carboxylic acids is 1. The molecular formula is C24H38N4O5. The SMILES string of the molecule is CCC(C)C(NC(=O)C(NC(=O)C(C)NC(=O)C(N)Cc1ccccc1)C(C)CC)C(=O)O. The molecule has 0 aliphatic heterocycles. The fourth-order valence-corrected chi connectivity index (χ4v) is 3.25. The number of nitrogens with two attached hydrogens (primary N) is 1. The quantitative estimate of drug-likeness (QED) is 0.297. The van der Waals surface area contributed by atoms with Crippen molar-refractivity contribution in [1.82, 2.24) is 16.0 Å². The number of carbonyl (C=O) groups excluding carboxylic acids is 3. The fraction of sp³-hybridized carbons (Fsp3) is 0.583. The highest BCUT2D eigenvalue weighted by Gasteiger charge is 2.33. The molecule has 6 unspecified atom stereocenters. The normalized spacial score (nSPS) is 16.4. The standard InChI is InChI=1S/C24H38N4O5/c1-6-14(3)19(23(31)28-20(24(32)33)15(4)7-2)27-21(29)16(5)26-22(30)18(25)13-17-11-9-8-10-12-17/h8-12,14-16,18-20H,6-7,13,25H2,1-5H3,(H,26,30)(H,27,29)(H,28,31)(H,32,33). The van der Waals surface area contributed by atoms with Crippen LogP contribution in [0.1, 0.15) is 53.0 Å². The Morgan fingerprint density at radius 3 is 1.85 bits per heavy atom. The van der Waals surface area contributed by atoms with Gasteiger partial charge in [0, 0.05) is 0 Å². The van der Waals surface area contributed by atoms with Crippen LogP contribution in [0.25, 0.3) is 0 Å². The van der Waals surface area contributed by atoms with E-state index in [2.05, 4.69) is 16.0 Å². The molecule has 33 heavy (non-hydrogen) atoms. The molecule has 9 heteroatoms. The van der Waals surface area contributed by atoms with E-state index in [1.54, 1.807) is 13.8 Å². The van der Waals surface area contributed by atoms with Gasteiger partial charge < -0.3 is 26.8 Å². The van der Waals surface area contributed by atoms with Crippen molar-refractivity contribution in [3.05, 3.63) is 35.9 Å². The van der Waals surface area contributed by atoms with E-state index < -0.39 is 47.9 Å². The summed E-state index contributed by atoms with van der Waals surface area (Å²) in [5, 5.41) is 17.3. The van der Waals surface area contributed by atoms with Crippen molar-refractivity contribution in [3.8, 4) is 0 Å². The zero-order chi connectivity index (χ0) is 25.1. The summed E-state index contributed by atoms with van der Waals surface area (Å²) < 4.78 is 0. The lowest BCUT2D eigenvalue weighted by molar-refractivity contribution is -0.144. The molecule has 0 fully saturated rings. The fourth-order valence-electron chi connectivity index (χ4n) is 3.25. The van der Waals surface area contributed by atoms with Gasteiger partial charge in [-0.15, -0.1) is 0 Å². The lowest BCUT2D eigenvalue weighted by Gasteiger charge is -2.28. The second-order valence-electron chi connectivity index (χ2n) is 8.61. The van der Waals surface area contributed by atoms with Gasteiger partial charge in [0.2, 0.25) is 17.7 Å². The minimum absolute atomic E-state index is 0.247. The van der Waals surface area contributed by atoms with Crippen LogP contribution in [-0.2, 0) is 25.6 Å². The molecule has 0 bridgehead atoms. The molecular weight excluding hydrogens is 424 g/mol. The average Bonchev–Trinajstić information content (AvgIpc) is 2.79. The molecule has 0 aliphatic rings. The van der Waals surface area contributed by atoms with E-state index in [1.807, 2.05) is 44.2 Å². The molecule has 184 valence electrons. The van der Waals surface area contributed by atoms with Crippen LogP contribution >= 0.6 is 0 Å². The molecule has 9 nitrogen and oxygen atoms in total. The van der Waals surface area contributed by atoms with E-state index in [-0.39, 0.29) is 11.8 Å². The van der Waals surface area contributed by atoms with Crippen LogP contribution in [0.5, 0.6) is 0 Å². The summed E-state index contributed by atoms with van der Waals surface area (Å²) in [6.07, 6.45) is 1.48. The van der Waals surface area contributed by atoms with E-state index in [0.717, 1.165) is 5.56 Å². The van der Waals surface area contributed by atoms with Gasteiger partial charge in [0.05, 0.1) is 6.04 Å². The molecule has 0 radical (unpaired) electrons. The summed E-state index contributed by atoms with van der Waals surface area (Å²) in [6, 6.07) is 5.55. The second-order valence-corrected chi connectivity index (χ2v) is 8.61. The molecule has 3 amide bonds. The highest BCUT2D eigenvalue weighted by Crippen LogP contribution is 2.12. The predicted octanol–water partition coefficient (Wildman–Crippen LogP) is 1.21. The molecule has 6 atom stereocenters. The van der Waals surface area contributed by atoms with Gasteiger partial charge in [-0.3, -0.25) is 14.4 Å². The number of nitrogens with one attached hydrogen (secondary N) is 3. The predicted molar refractivity (Wildman–Crippen MR) is 126 cm³/mol. The topological polar surface area (TPSA) is 151 Å². The minimum atomic E-state index is -1.13. The van der Waals surface area contributed by atoms with Crippen LogP contribution in [0.2, 0.25) is 0 Å². The van der Waals surface area contributed by atoms with Crippen molar-refractivity contribution in [2.45, 2.75) is 78.0 Å². The zero-order valence-electron chi connectivity index (χ0n) is 20.1. The number of carboxylic acid groups (broad SMARTS) is 1. The molecule has 0 spiro atoms. The first-order valence-corrected chi connectivity index (χ1v) is 11.4. The molecule has 1 aromatic carbocycles. The third kappa shape index (κ3) is 8.84. The zero-order valence-corrected chi connectivity index (χ0v) is 20.1.